The highest BCUT2D eigenvalue weighted by atomic mass is 32.1. The van der Waals surface area contributed by atoms with E-state index in [4.69, 9.17) is 9.72 Å². The van der Waals surface area contributed by atoms with Gasteiger partial charge in [0.15, 0.2) is 11.4 Å². The first-order valence-corrected chi connectivity index (χ1v) is 8.12. The highest BCUT2D eigenvalue weighted by Crippen LogP contribution is 2.32. The van der Waals surface area contributed by atoms with Crippen molar-refractivity contribution in [2.75, 3.05) is 25.2 Å². The third-order valence-corrected chi connectivity index (χ3v) is 4.79. The van der Waals surface area contributed by atoms with Crippen molar-refractivity contribution in [1.82, 2.24) is 4.98 Å². The van der Waals surface area contributed by atoms with Crippen LogP contribution in [0, 0.1) is 0 Å². The van der Waals surface area contributed by atoms with Gasteiger partial charge >= 0.3 is 0 Å². The van der Waals surface area contributed by atoms with E-state index >= 15 is 0 Å². The van der Waals surface area contributed by atoms with Crippen LogP contribution in [0.25, 0.3) is 0 Å². The van der Waals surface area contributed by atoms with Gasteiger partial charge in [0.1, 0.15) is 0 Å². The molecule has 0 amide bonds. The van der Waals surface area contributed by atoms with Gasteiger partial charge < -0.3 is 9.64 Å². The Balaban J connectivity index is 3.06. The first kappa shape index (κ1) is 17.1. The second-order valence-corrected chi connectivity index (χ2v) is 6.13. The molecule has 2 atom stereocenters. The molecule has 20 heavy (non-hydrogen) atoms. The molecule has 1 rings (SSSR count). The van der Waals surface area contributed by atoms with Crippen LogP contribution in [0.1, 0.15) is 61.8 Å². The van der Waals surface area contributed by atoms with Crippen LogP contribution in [0.2, 0.25) is 0 Å². The number of nitrogens with zero attached hydrogens (tertiary/aromatic N) is 2. The van der Waals surface area contributed by atoms with Gasteiger partial charge in [-0.1, -0.05) is 32.1 Å². The molecule has 1 aromatic rings. The van der Waals surface area contributed by atoms with Gasteiger partial charge in [-0.2, -0.15) is 0 Å². The van der Waals surface area contributed by atoms with E-state index in [-0.39, 0.29) is 0 Å². The Labute approximate surface area is 126 Å². The van der Waals surface area contributed by atoms with Crippen molar-refractivity contribution in [3.63, 3.8) is 0 Å². The van der Waals surface area contributed by atoms with E-state index in [9.17, 15) is 4.79 Å². The molecule has 0 aliphatic heterocycles. The summed E-state index contributed by atoms with van der Waals surface area (Å²) in [6.45, 7) is 10.1. The summed E-state index contributed by atoms with van der Waals surface area (Å²) in [7, 11) is 1.71. The van der Waals surface area contributed by atoms with Gasteiger partial charge in [-0.15, -0.1) is 0 Å². The van der Waals surface area contributed by atoms with Crippen LogP contribution in [0.5, 0.6) is 0 Å². The molecular weight excluding hydrogens is 272 g/mol. The first-order valence-electron chi connectivity index (χ1n) is 7.30. The number of ether oxygens (including phenoxy) is 1. The van der Waals surface area contributed by atoms with Crippen molar-refractivity contribution in [3.8, 4) is 0 Å². The van der Waals surface area contributed by atoms with E-state index in [2.05, 4.69) is 32.6 Å². The molecule has 114 valence electrons. The lowest BCUT2D eigenvalue weighted by atomic mass is 10.0. The summed E-state index contributed by atoms with van der Waals surface area (Å²) in [5, 5.41) is 0.939. The molecule has 0 spiro atoms. The summed E-state index contributed by atoms with van der Waals surface area (Å²) in [5.41, 5.74) is 0.938. The molecule has 0 saturated heterocycles. The fraction of sp³-hybridized carbons (Fsp3) is 0.733. The highest BCUT2D eigenvalue weighted by molar-refractivity contribution is 7.17. The largest absolute Gasteiger partial charge is 0.383 e. The number of methoxy groups -OCH3 is 1. The average Bonchev–Trinajstić information content (AvgIpc) is 2.90. The molecule has 2 unspecified atom stereocenters. The molecule has 0 aliphatic carbocycles. The van der Waals surface area contributed by atoms with Crippen molar-refractivity contribution in [2.45, 2.75) is 52.5 Å². The molecule has 0 bridgehead atoms. The lowest BCUT2D eigenvalue weighted by Gasteiger charge is -2.27. The van der Waals surface area contributed by atoms with Crippen molar-refractivity contribution in [1.29, 1.82) is 0 Å². The lowest BCUT2D eigenvalue weighted by Crippen LogP contribution is -2.35. The van der Waals surface area contributed by atoms with E-state index < -0.39 is 0 Å². The standard InChI is InChI=1S/C15H26N2O2S/c1-6-11(3)14-13(10-18)20-15(16-14)17(8-9-19-5)12(4)7-2/h10-12H,6-9H2,1-5H3. The number of carbonyl (C=O) groups excluding carboxylic acids is 1. The molecule has 1 aromatic heterocycles. The summed E-state index contributed by atoms with van der Waals surface area (Å²) >= 11 is 1.50. The third kappa shape index (κ3) is 4.03. The number of thiazole rings is 1. The zero-order valence-electron chi connectivity index (χ0n) is 13.2. The number of hydrogen-bond donors (Lipinski definition) is 0. The second kappa shape index (κ2) is 8.37. The SMILES string of the molecule is CCC(C)c1nc(N(CCOC)C(C)CC)sc1C=O. The van der Waals surface area contributed by atoms with Crippen LogP contribution >= 0.6 is 11.3 Å². The van der Waals surface area contributed by atoms with E-state index in [1.807, 2.05) is 0 Å². The lowest BCUT2D eigenvalue weighted by molar-refractivity contribution is 0.112. The maximum atomic E-state index is 11.3. The molecule has 5 heteroatoms. The summed E-state index contributed by atoms with van der Waals surface area (Å²) in [6, 6.07) is 0.389. The number of hydrogen-bond acceptors (Lipinski definition) is 5. The van der Waals surface area contributed by atoms with Crippen LogP contribution in [0.15, 0.2) is 0 Å². The molecule has 0 saturated carbocycles. The maximum Gasteiger partial charge on any atom is 0.186 e. The van der Waals surface area contributed by atoms with Crippen LogP contribution in [0.3, 0.4) is 0 Å². The Morgan fingerprint density at radius 2 is 2.05 bits per heavy atom. The van der Waals surface area contributed by atoms with Gasteiger partial charge in [0.05, 0.1) is 17.2 Å². The number of aromatic nitrogens is 1. The molecule has 0 radical (unpaired) electrons. The third-order valence-electron chi connectivity index (χ3n) is 3.76. The zero-order valence-corrected chi connectivity index (χ0v) is 14.0. The van der Waals surface area contributed by atoms with Crippen LogP contribution in [-0.4, -0.2) is 37.6 Å². The Hall–Kier alpha value is -0.940. The molecule has 0 fully saturated rings. The highest BCUT2D eigenvalue weighted by Gasteiger charge is 2.21. The second-order valence-electron chi connectivity index (χ2n) is 5.12. The van der Waals surface area contributed by atoms with Gasteiger partial charge in [-0.25, -0.2) is 4.98 Å². The summed E-state index contributed by atoms with van der Waals surface area (Å²) in [6.07, 6.45) is 2.97. The minimum Gasteiger partial charge on any atom is -0.383 e. The predicted octanol–water partition coefficient (Wildman–Crippen LogP) is 3.72. The number of anilines is 1. The van der Waals surface area contributed by atoms with Crippen molar-refractivity contribution >= 4 is 22.8 Å². The molecule has 1 heterocycles. The van der Waals surface area contributed by atoms with Gasteiger partial charge in [0.2, 0.25) is 0 Å². The number of aldehydes is 1. The minimum absolute atomic E-state index is 0.321. The summed E-state index contributed by atoms with van der Waals surface area (Å²) in [4.78, 5) is 19.0. The molecular formula is C15H26N2O2S. The average molecular weight is 298 g/mol. The predicted molar refractivity (Wildman–Crippen MR) is 85.2 cm³/mol. The van der Waals surface area contributed by atoms with Gasteiger partial charge in [-0.05, 0) is 25.7 Å². The Kier molecular flexibility index (Phi) is 7.16. The van der Waals surface area contributed by atoms with Crippen molar-refractivity contribution in [2.24, 2.45) is 0 Å². The van der Waals surface area contributed by atoms with Crippen LogP contribution in [0.4, 0.5) is 5.13 Å². The maximum absolute atomic E-state index is 11.3. The van der Waals surface area contributed by atoms with E-state index in [1.165, 1.54) is 11.3 Å². The molecule has 0 aliphatic rings. The molecule has 0 aromatic carbocycles. The fourth-order valence-corrected chi connectivity index (χ4v) is 3.13. The number of rotatable bonds is 9. The Bertz CT molecular complexity index is 420. The van der Waals surface area contributed by atoms with E-state index in [1.54, 1.807) is 7.11 Å². The number of carbonyl (C=O) groups is 1. The van der Waals surface area contributed by atoms with Gasteiger partial charge in [0.25, 0.3) is 0 Å². The quantitative estimate of drug-likeness (QED) is 0.652. The molecule has 4 nitrogen and oxygen atoms in total. The van der Waals surface area contributed by atoms with Gasteiger partial charge in [-0.3, -0.25) is 4.79 Å². The van der Waals surface area contributed by atoms with E-state index in [0.29, 0.717) is 18.6 Å². The first-order chi connectivity index (χ1) is 9.58. The minimum atomic E-state index is 0.321. The topological polar surface area (TPSA) is 42.4 Å². The zero-order chi connectivity index (χ0) is 15.1. The normalized spacial score (nSPS) is 14.1. The van der Waals surface area contributed by atoms with Crippen molar-refractivity contribution in [3.05, 3.63) is 10.6 Å². The Morgan fingerprint density at radius 1 is 1.35 bits per heavy atom. The molecule has 0 N–H and O–H groups in total. The fourth-order valence-electron chi connectivity index (χ4n) is 2.00. The Morgan fingerprint density at radius 3 is 2.55 bits per heavy atom. The monoisotopic (exact) mass is 298 g/mol. The van der Waals surface area contributed by atoms with Crippen LogP contribution < -0.4 is 4.90 Å². The van der Waals surface area contributed by atoms with Crippen LogP contribution in [-0.2, 0) is 4.74 Å². The smallest absolute Gasteiger partial charge is 0.186 e. The van der Waals surface area contributed by atoms with Crippen molar-refractivity contribution < 1.29 is 9.53 Å². The van der Waals surface area contributed by atoms with Gasteiger partial charge in [0, 0.05) is 19.7 Å². The van der Waals surface area contributed by atoms with E-state index in [0.717, 1.165) is 41.4 Å². The summed E-state index contributed by atoms with van der Waals surface area (Å²) in [5.74, 6) is 0.321. The summed E-state index contributed by atoms with van der Waals surface area (Å²) < 4.78 is 5.19.